The lowest BCUT2D eigenvalue weighted by Crippen LogP contribution is -2.33. The van der Waals surface area contributed by atoms with E-state index in [1.165, 1.54) is 6.07 Å². The predicted molar refractivity (Wildman–Crippen MR) is 135 cm³/mol. The number of benzene rings is 1. The number of aromatic nitrogens is 4. The van der Waals surface area contributed by atoms with Crippen LogP contribution in [0.15, 0.2) is 42.7 Å². The Kier molecular flexibility index (Phi) is 6.10. The summed E-state index contributed by atoms with van der Waals surface area (Å²) in [5, 5.41) is 6.91. The number of pyridine rings is 1. The maximum atomic E-state index is 15.0. The number of aryl methyl sites for hydroxylation is 1. The molecule has 35 heavy (non-hydrogen) atoms. The molecule has 0 spiro atoms. The molecule has 1 atom stereocenters. The van der Waals surface area contributed by atoms with Gasteiger partial charge in [-0.15, -0.1) is 0 Å². The SMILES string of the molecule is Cc1cc2c(F)cc(-c3nc(Nc4ccc(N(C)C5CCNC5)cn4)ncc3F)cc2n1C(C)C. The highest BCUT2D eigenvalue weighted by atomic mass is 19.1. The molecule has 0 bridgehead atoms. The lowest BCUT2D eigenvalue weighted by atomic mass is 10.1. The lowest BCUT2D eigenvalue weighted by molar-refractivity contribution is 0.606. The van der Waals surface area contributed by atoms with Gasteiger partial charge in [-0.3, -0.25) is 0 Å². The third-order valence-electron chi connectivity index (χ3n) is 6.61. The Morgan fingerprint density at radius 3 is 2.63 bits per heavy atom. The van der Waals surface area contributed by atoms with Gasteiger partial charge in [0, 0.05) is 42.3 Å². The number of halogens is 2. The van der Waals surface area contributed by atoms with Gasteiger partial charge in [0.1, 0.15) is 17.3 Å². The quantitative estimate of drug-likeness (QED) is 0.398. The van der Waals surface area contributed by atoms with Gasteiger partial charge in [0.15, 0.2) is 5.82 Å². The fourth-order valence-electron chi connectivity index (χ4n) is 4.83. The van der Waals surface area contributed by atoms with Gasteiger partial charge in [0.05, 0.1) is 23.6 Å². The average Bonchev–Trinajstić information content (AvgIpc) is 3.48. The van der Waals surface area contributed by atoms with E-state index >= 15 is 0 Å². The molecule has 0 amide bonds. The summed E-state index contributed by atoms with van der Waals surface area (Å²) in [7, 11) is 2.06. The molecule has 3 aromatic heterocycles. The zero-order valence-electron chi connectivity index (χ0n) is 20.3. The van der Waals surface area contributed by atoms with Crippen molar-refractivity contribution in [3.8, 4) is 11.3 Å². The van der Waals surface area contributed by atoms with Gasteiger partial charge < -0.3 is 20.1 Å². The molecular weight excluding hydrogens is 448 g/mol. The van der Waals surface area contributed by atoms with Crippen LogP contribution in [0.2, 0.25) is 0 Å². The van der Waals surface area contributed by atoms with Gasteiger partial charge in [0.2, 0.25) is 5.95 Å². The number of rotatable bonds is 6. The number of fused-ring (bicyclic) bond motifs is 1. The highest BCUT2D eigenvalue weighted by molar-refractivity contribution is 5.87. The number of nitrogens with one attached hydrogen (secondary N) is 2. The molecule has 0 aliphatic carbocycles. The maximum absolute atomic E-state index is 15.0. The average molecular weight is 478 g/mol. The minimum absolute atomic E-state index is 0.0301. The highest BCUT2D eigenvalue weighted by Crippen LogP contribution is 2.32. The lowest BCUT2D eigenvalue weighted by Gasteiger charge is -2.25. The summed E-state index contributed by atoms with van der Waals surface area (Å²) >= 11 is 0. The summed E-state index contributed by atoms with van der Waals surface area (Å²) in [5.41, 5.74) is 3.05. The summed E-state index contributed by atoms with van der Waals surface area (Å²) in [4.78, 5) is 15.1. The van der Waals surface area contributed by atoms with Crippen molar-refractivity contribution in [2.75, 3.05) is 30.4 Å². The van der Waals surface area contributed by atoms with Crippen LogP contribution in [-0.4, -0.2) is 45.7 Å². The summed E-state index contributed by atoms with van der Waals surface area (Å²) in [6, 6.07) is 9.30. The van der Waals surface area contributed by atoms with Crippen LogP contribution >= 0.6 is 0 Å². The van der Waals surface area contributed by atoms with E-state index in [1.807, 2.05) is 43.5 Å². The van der Waals surface area contributed by atoms with Crippen molar-refractivity contribution in [2.45, 2.75) is 39.3 Å². The van der Waals surface area contributed by atoms with Gasteiger partial charge >= 0.3 is 0 Å². The molecule has 1 aliphatic heterocycles. The summed E-state index contributed by atoms with van der Waals surface area (Å²) in [5.74, 6) is -0.309. The number of likely N-dealkylation sites (N-methyl/N-ethyl adjacent to an activating group) is 1. The fourth-order valence-corrected chi connectivity index (χ4v) is 4.83. The number of anilines is 3. The van der Waals surface area contributed by atoms with E-state index in [4.69, 9.17) is 0 Å². The standard InChI is InChI=1S/C26H29F2N7/c1-15(2)35-16(3)9-20-21(27)10-17(11-23(20)35)25-22(28)14-31-26(33-25)32-24-6-5-18(13-30-24)34(4)19-7-8-29-12-19/h5-6,9-11,13-15,19,29H,7-8,12H2,1-4H3,(H,30,31,32,33). The molecular formula is C26H29F2N7. The minimum atomic E-state index is -0.622. The summed E-state index contributed by atoms with van der Waals surface area (Å²) < 4.78 is 31.8. The van der Waals surface area contributed by atoms with Crippen LogP contribution in [0.3, 0.4) is 0 Å². The normalized spacial score (nSPS) is 15.8. The van der Waals surface area contributed by atoms with Crippen LogP contribution in [-0.2, 0) is 0 Å². The molecule has 7 nitrogen and oxygen atoms in total. The van der Waals surface area contributed by atoms with Crippen molar-refractivity contribution in [1.29, 1.82) is 0 Å². The van der Waals surface area contributed by atoms with Gasteiger partial charge in [-0.05, 0) is 64.1 Å². The largest absolute Gasteiger partial charge is 0.369 e. The first kappa shape index (κ1) is 23.2. The number of hydrogen-bond donors (Lipinski definition) is 2. The van der Waals surface area contributed by atoms with Crippen LogP contribution in [0.4, 0.5) is 26.2 Å². The van der Waals surface area contributed by atoms with Gasteiger partial charge in [-0.1, -0.05) is 0 Å². The van der Waals surface area contributed by atoms with Crippen molar-refractivity contribution >= 4 is 28.4 Å². The minimum Gasteiger partial charge on any atom is -0.369 e. The van der Waals surface area contributed by atoms with Gasteiger partial charge in [0.25, 0.3) is 0 Å². The van der Waals surface area contributed by atoms with E-state index in [9.17, 15) is 8.78 Å². The molecule has 5 rings (SSSR count). The van der Waals surface area contributed by atoms with E-state index in [0.717, 1.165) is 37.1 Å². The molecule has 1 fully saturated rings. The summed E-state index contributed by atoms with van der Waals surface area (Å²) in [6.45, 7) is 7.98. The Labute approximate surface area is 203 Å². The Bertz CT molecular complexity index is 1360. The second-order valence-electron chi connectivity index (χ2n) is 9.31. The Morgan fingerprint density at radius 2 is 1.94 bits per heavy atom. The topological polar surface area (TPSA) is 70.9 Å². The van der Waals surface area contributed by atoms with E-state index < -0.39 is 11.6 Å². The smallest absolute Gasteiger partial charge is 0.229 e. The zero-order chi connectivity index (χ0) is 24.7. The first-order chi connectivity index (χ1) is 16.8. The first-order valence-electron chi connectivity index (χ1n) is 11.8. The van der Waals surface area contributed by atoms with Crippen molar-refractivity contribution in [3.05, 3.63) is 60.1 Å². The highest BCUT2D eigenvalue weighted by Gasteiger charge is 2.20. The fraction of sp³-hybridized carbons (Fsp3) is 0.346. The van der Waals surface area contributed by atoms with E-state index in [2.05, 4.69) is 37.5 Å². The van der Waals surface area contributed by atoms with Crippen LogP contribution < -0.4 is 15.5 Å². The molecule has 1 unspecified atom stereocenters. The van der Waals surface area contributed by atoms with Crippen molar-refractivity contribution in [1.82, 2.24) is 24.8 Å². The second-order valence-corrected chi connectivity index (χ2v) is 9.31. The Balaban J connectivity index is 1.43. The molecule has 1 saturated heterocycles. The maximum Gasteiger partial charge on any atom is 0.229 e. The van der Waals surface area contributed by atoms with Crippen LogP contribution in [0.25, 0.3) is 22.2 Å². The van der Waals surface area contributed by atoms with Crippen molar-refractivity contribution in [2.24, 2.45) is 0 Å². The molecule has 4 heterocycles. The number of nitrogens with zero attached hydrogens (tertiary/aromatic N) is 5. The Morgan fingerprint density at radius 1 is 1.11 bits per heavy atom. The van der Waals surface area contributed by atoms with E-state index in [-0.39, 0.29) is 17.7 Å². The van der Waals surface area contributed by atoms with E-state index in [1.54, 1.807) is 12.3 Å². The molecule has 1 aliphatic rings. The monoisotopic (exact) mass is 477 g/mol. The zero-order valence-corrected chi connectivity index (χ0v) is 20.3. The second kappa shape index (κ2) is 9.22. The molecule has 0 radical (unpaired) electrons. The van der Waals surface area contributed by atoms with E-state index in [0.29, 0.717) is 28.3 Å². The number of hydrogen-bond acceptors (Lipinski definition) is 6. The molecule has 9 heteroatoms. The van der Waals surface area contributed by atoms with Crippen LogP contribution in [0, 0.1) is 18.6 Å². The van der Waals surface area contributed by atoms with Crippen LogP contribution in [0.5, 0.6) is 0 Å². The molecule has 0 saturated carbocycles. The molecule has 4 aromatic rings. The van der Waals surface area contributed by atoms with Gasteiger partial charge in [-0.2, -0.15) is 0 Å². The molecule has 1 aromatic carbocycles. The molecule has 182 valence electrons. The Hall–Kier alpha value is -3.59. The third kappa shape index (κ3) is 4.43. The molecule has 2 N–H and O–H groups in total. The first-order valence-corrected chi connectivity index (χ1v) is 11.8. The van der Waals surface area contributed by atoms with Crippen molar-refractivity contribution in [3.63, 3.8) is 0 Å². The predicted octanol–water partition coefficient (Wildman–Crippen LogP) is 5.20. The van der Waals surface area contributed by atoms with Gasteiger partial charge in [-0.25, -0.2) is 23.7 Å². The summed E-state index contributed by atoms with van der Waals surface area (Å²) in [6.07, 6.45) is 3.97. The van der Waals surface area contributed by atoms with Crippen LogP contribution in [0.1, 0.15) is 32.0 Å². The third-order valence-corrected chi connectivity index (χ3v) is 6.61. The van der Waals surface area contributed by atoms with Crippen molar-refractivity contribution < 1.29 is 8.78 Å².